The monoisotopic (exact) mass is 442 g/mol. The van der Waals surface area contributed by atoms with Crippen molar-refractivity contribution in [1.82, 2.24) is 4.98 Å². The lowest BCUT2D eigenvalue weighted by Crippen LogP contribution is -2.29. The molecule has 4 rings (SSSR count). The number of benzene rings is 2. The van der Waals surface area contributed by atoms with E-state index >= 15 is 0 Å². The predicted octanol–water partition coefficient (Wildman–Crippen LogP) is 5.18. The molecule has 1 amide bonds. The summed E-state index contributed by atoms with van der Waals surface area (Å²) >= 11 is 7.19. The smallest absolute Gasteiger partial charge is 0.301 e. The summed E-state index contributed by atoms with van der Waals surface area (Å²) in [6.07, 6.45) is 0. The molecule has 1 aliphatic rings. The standard InChI is InChI=1S/C22H16ClFN2O3S/c1-11-12(2)30-22(25-11)26-18(13-5-9-16(24)10-6-13)17(20(28)21(26)29)19(27)14-3-7-15(23)8-4-14/h3-10,18,27H,1-2H3/b19-17+/t18-/m1/s1. The van der Waals surface area contributed by atoms with Crippen molar-refractivity contribution >= 4 is 45.5 Å². The maximum absolute atomic E-state index is 13.5. The minimum atomic E-state index is -0.939. The number of rotatable bonds is 3. The van der Waals surface area contributed by atoms with Gasteiger partial charge in [0.25, 0.3) is 5.78 Å². The zero-order chi connectivity index (χ0) is 21.6. The number of amides is 1. The molecular formula is C22H16ClFN2O3S. The van der Waals surface area contributed by atoms with Crippen molar-refractivity contribution in [3.05, 3.63) is 86.6 Å². The molecule has 2 heterocycles. The Morgan fingerprint density at radius 2 is 1.73 bits per heavy atom. The van der Waals surface area contributed by atoms with Gasteiger partial charge in [-0.05, 0) is 55.8 Å². The molecule has 3 aromatic rings. The second-order valence-corrected chi connectivity index (χ2v) is 8.48. The van der Waals surface area contributed by atoms with Crippen LogP contribution in [0.15, 0.2) is 54.1 Å². The fourth-order valence-corrected chi connectivity index (χ4v) is 4.37. The highest BCUT2D eigenvalue weighted by Gasteiger charge is 2.48. The summed E-state index contributed by atoms with van der Waals surface area (Å²) in [4.78, 5) is 32.6. The van der Waals surface area contributed by atoms with Crippen LogP contribution in [0.2, 0.25) is 5.02 Å². The normalized spacial score (nSPS) is 18.3. The van der Waals surface area contributed by atoms with Gasteiger partial charge < -0.3 is 5.11 Å². The van der Waals surface area contributed by atoms with E-state index in [2.05, 4.69) is 4.98 Å². The summed E-state index contributed by atoms with van der Waals surface area (Å²) in [6, 6.07) is 10.8. The van der Waals surface area contributed by atoms with Crippen molar-refractivity contribution in [2.75, 3.05) is 4.90 Å². The lowest BCUT2D eigenvalue weighted by molar-refractivity contribution is -0.132. The number of aromatic nitrogens is 1. The molecule has 1 aromatic heterocycles. The van der Waals surface area contributed by atoms with Gasteiger partial charge in [0.2, 0.25) is 0 Å². The molecule has 152 valence electrons. The summed E-state index contributed by atoms with van der Waals surface area (Å²) in [5, 5.41) is 11.8. The number of aryl methyl sites for hydroxylation is 2. The number of carbonyl (C=O) groups excluding carboxylic acids is 2. The highest BCUT2D eigenvalue weighted by Crippen LogP contribution is 2.43. The van der Waals surface area contributed by atoms with Crippen LogP contribution in [0.4, 0.5) is 9.52 Å². The number of nitrogens with zero attached hydrogens (tertiary/aromatic N) is 2. The quantitative estimate of drug-likeness (QED) is 0.344. The lowest BCUT2D eigenvalue weighted by Gasteiger charge is -2.23. The van der Waals surface area contributed by atoms with Crippen LogP contribution in [0.1, 0.15) is 27.7 Å². The zero-order valence-corrected chi connectivity index (χ0v) is 17.6. The van der Waals surface area contributed by atoms with Crippen LogP contribution in [0.5, 0.6) is 0 Å². The van der Waals surface area contributed by atoms with Gasteiger partial charge in [0.1, 0.15) is 11.6 Å². The minimum absolute atomic E-state index is 0.0839. The van der Waals surface area contributed by atoms with Crippen molar-refractivity contribution < 1.29 is 19.1 Å². The van der Waals surface area contributed by atoms with E-state index < -0.39 is 23.5 Å². The van der Waals surface area contributed by atoms with Crippen LogP contribution < -0.4 is 4.90 Å². The second-order valence-electron chi connectivity index (χ2n) is 6.87. The zero-order valence-electron chi connectivity index (χ0n) is 16.0. The third-order valence-corrected chi connectivity index (χ3v) is 6.30. The van der Waals surface area contributed by atoms with E-state index in [1.54, 1.807) is 24.3 Å². The van der Waals surface area contributed by atoms with Gasteiger partial charge in [-0.3, -0.25) is 14.5 Å². The van der Waals surface area contributed by atoms with Gasteiger partial charge in [0, 0.05) is 15.5 Å². The minimum Gasteiger partial charge on any atom is -0.507 e. The highest BCUT2D eigenvalue weighted by molar-refractivity contribution is 7.16. The molecule has 1 fully saturated rings. The first-order valence-corrected chi connectivity index (χ1v) is 10.2. The first-order valence-electron chi connectivity index (χ1n) is 9.04. The van der Waals surface area contributed by atoms with Crippen LogP contribution in [-0.4, -0.2) is 21.8 Å². The molecule has 0 saturated carbocycles. The molecular weight excluding hydrogens is 427 g/mol. The van der Waals surface area contributed by atoms with E-state index in [1.807, 2.05) is 13.8 Å². The van der Waals surface area contributed by atoms with Crippen LogP contribution >= 0.6 is 22.9 Å². The molecule has 8 heteroatoms. The Hall–Kier alpha value is -3.03. The molecule has 0 spiro atoms. The third kappa shape index (κ3) is 3.40. The number of ketones is 1. The second kappa shape index (κ2) is 7.66. The Labute approximate surface area is 181 Å². The summed E-state index contributed by atoms with van der Waals surface area (Å²) in [6.45, 7) is 3.68. The Morgan fingerprint density at radius 1 is 1.10 bits per heavy atom. The van der Waals surface area contributed by atoms with Crippen LogP contribution in [0.3, 0.4) is 0 Å². The average Bonchev–Trinajstić information content (AvgIpc) is 3.18. The maximum Gasteiger partial charge on any atom is 0.301 e. The van der Waals surface area contributed by atoms with Crippen LogP contribution in [-0.2, 0) is 9.59 Å². The van der Waals surface area contributed by atoms with E-state index in [9.17, 15) is 19.1 Å². The van der Waals surface area contributed by atoms with Crippen molar-refractivity contribution in [2.45, 2.75) is 19.9 Å². The summed E-state index contributed by atoms with van der Waals surface area (Å²) < 4.78 is 13.5. The van der Waals surface area contributed by atoms with E-state index in [-0.39, 0.29) is 11.3 Å². The molecule has 1 saturated heterocycles. The van der Waals surface area contributed by atoms with Crippen molar-refractivity contribution in [1.29, 1.82) is 0 Å². The number of hydrogen-bond donors (Lipinski definition) is 1. The van der Waals surface area contributed by atoms with Gasteiger partial charge in [-0.2, -0.15) is 0 Å². The maximum atomic E-state index is 13.5. The molecule has 2 aromatic carbocycles. The van der Waals surface area contributed by atoms with E-state index in [0.29, 0.717) is 21.3 Å². The number of aliphatic hydroxyl groups is 1. The van der Waals surface area contributed by atoms with Gasteiger partial charge >= 0.3 is 5.91 Å². The van der Waals surface area contributed by atoms with Crippen molar-refractivity contribution in [3.63, 3.8) is 0 Å². The number of hydrogen-bond acceptors (Lipinski definition) is 5. The molecule has 30 heavy (non-hydrogen) atoms. The number of aliphatic hydroxyl groups excluding tert-OH is 1. The molecule has 0 aliphatic carbocycles. The van der Waals surface area contributed by atoms with Gasteiger partial charge in [-0.25, -0.2) is 9.37 Å². The van der Waals surface area contributed by atoms with Crippen molar-refractivity contribution in [2.24, 2.45) is 0 Å². The van der Waals surface area contributed by atoms with E-state index in [1.165, 1.54) is 40.5 Å². The van der Waals surface area contributed by atoms with E-state index in [0.717, 1.165) is 10.6 Å². The number of anilines is 1. The fraction of sp³-hybridized carbons (Fsp3) is 0.136. The Balaban J connectivity index is 1.94. The van der Waals surface area contributed by atoms with Crippen molar-refractivity contribution in [3.8, 4) is 0 Å². The Bertz CT molecular complexity index is 1170. The molecule has 5 nitrogen and oxygen atoms in total. The Morgan fingerprint density at radius 3 is 2.30 bits per heavy atom. The van der Waals surface area contributed by atoms with E-state index in [4.69, 9.17) is 11.6 Å². The molecule has 1 N–H and O–H groups in total. The lowest BCUT2D eigenvalue weighted by atomic mass is 9.95. The first-order chi connectivity index (χ1) is 14.3. The summed E-state index contributed by atoms with van der Waals surface area (Å²) in [5.41, 5.74) is 1.49. The highest BCUT2D eigenvalue weighted by atomic mass is 35.5. The number of halogens is 2. The number of Topliss-reactive ketones (excluding diaryl/α,β-unsaturated/α-hetero) is 1. The summed E-state index contributed by atoms with van der Waals surface area (Å²) in [5.74, 6) is -2.41. The van der Waals surface area contributed by atoms with Crippen LogP contribution in [0.25, 0.3) is 5.76 Å². The van der Waals surface area contributed by atoms with Gasteiger partial charge in [-0.1, -0.05) is 23.7 Å². The topological polar surface area (TPSA) is 70.5 Å². The summed E-state index contributed by atoms with van der Waals surface area (Å²) in [7, 11) is 0. The first kappa shape index (κ1) is 20.3. The molecule has 1 aliphatic heterocycles. The number of thiazole rings is 1. The van der Waals surface area contributed by atoms with Gasteiger partial charge in [0.05, 0.1) is 17.3 Å². The van der Waals surface area contributed by atoms with Gasteiger partial charge in [-0.15, -0.1) is 11.3 Å². The largest absolute Gasteiger partial charge is 0.507 e. The van der Waals surface area contributed by atoms with Crippen LogP contribution in [0, 0.1) is 19.7 Å². The SMILES string of the molecule is Cc1nc(N2C(=O)C(=O)/C(=C(/O)c3ccc(Cl)cc3)[C@H]2c2ccc(F)cc2)sc1C. The Kier molecular flexibility index (Phi) is 5.17. The molecule has 0 radical (unpaired) electrons. The average molecular weight is 443 g/mol. The van der Waals surface area contributed by atoms with Gasteiger partial charge in [0.15, 0.2) is 5.13 Å². The third-order valence-electron chi connectivity index (χ3n) is 4.97. The fourth-order valence-electron chi connectivity index (χ4n) is 3.31. The predicted molar refractivity (Wildman–Crippen MR) is 114 cm³/mol. The molecule has 1 atom stereocenters. The number of carbonyl (C=O) groups is 2. The molecule has 0 unspecified atom stereocenters. The molecule has 0 bridgehead atoms.